The summed E-state index contributed by atoms with van der Waals surface area (Å²) in [7, 11) is 0. The summed E-state index contributed by atoms with van der Waals surface area (Å²) in [5.41, 5.74) is 2.91. The quantitative estimate of drug-likeness (QED) is 0.878. The highest BCUT2D eigenvalue weighted by Gasteiger charge is 2.41. The Morgan fingerprint density at radius 3 is 2.19 bits per heavy atom. The minimum Gasteiger partial charge on any atom is -0.278 e. The van der Waals surface area contributed by atoms with Crippen LogP contribution in [0.2, 0.25) is 0 Å². The smallest absolute Gasteiger partial charge is 0.233 e. The second kappa shape index (κ2) is 5.16. The van der Waals surface area contributed by atoms with Gasteiger partial charge in [-0.05, 0) is 17.2 Å². The van der Waals surface area contributed by atoms with Gasteiger partial charge in [-0.2, -0.15) is 5.10 Å². The van der Waals surface area contributed by atoms with E-state index in [0.29, 0.717) is 6.54 Å². The van der Waals surface area contributed by atoms with Crippen LogP contribution in [0.25, 0.3) is 11.3 Å². The molecule has 1 aromatic heterocycles. The lowest BCUT2D eigenvalue weighted by Crippen LogP contribution is -2.30. The van der Waals surface area contributed by atoms with Crippen LogP contribution in [0.4, 0.5) is 0 Å². The fourth-order valence-corrected chi connectivity index (χ4v) is 2.57. The van der Waals surface area contributed by atoms with E-state index < -0.39 is 0 Å². The van der Waals surface area contributed by atoms with Crippen molar-refractivity contribution < 1.29 is 9.59 Å². The van der Waals surface area contributed by atoms with Crippen LogP contribution in [0.15, 0.2) is 36.5 Å². The fraction of sp³-hybridized carbons (Fsp3) is 0.312. The van der Waals surface area contributed by atoms with E-state index in [9.17, 15) is 9.59 Å². The molecular weight excluding hydrogens is 266 g/mol. The zero-order valence-corrected chi connectivity index (χ0v) is 12.0. The molecule has 0 spiro atoms. The van der Waals surface area contributed by atoms with E-state index in [2.05, 4.69) is 10.2 Å². The van der Waals surface area contributed by atoms with Crippen molar-refractivity contribution in [2.45, 2.75) is 20.4 Å². The SMILES string of the molecule is CC1C(=O)N(Cc2ccc(-c3ccn[nH]3)cc2)C(=O)C1C. The molecule has 1 fully saturated rings. The molecule has 1 aliphatic heterocycles. The summed E-state index contributed by atoms with van der Waals surface area (Å²) in [6.45, 7) is 3.97. The van der Waals surface area contributed by atoms with Gasteiger partial charge in [-0.15, -0.1) is 0 Å². The molecule has 108 valence electrons. The number of likely N-dealkylation sites (tertiary alicyclic amines) is 1. The van der Waals surface area contributed by atoms with Gasteiger partial charge in [0, 0.05) is 18.0 Å². The lowest BCUT2D eigenvalue weighted by atomic mass is 10.00. The van der Waals surface area contributed by atoms with Crippen molar-refractivity contribution >= 4 is 11.8 Å². The molecule has 5 heteroatoms. The first-order valence-electron chi connectivity index (χ1n) is 7.02. The first-order chi connectivity index (χ1) is 10.1. The maximum atomic E-state index is 12.1. The molecule has 3 rings (SSSR count). The number of aromatic nitrogens is 2. The normalized spacial score (nSPS) is 22.1. The third-order valence-corrected chi connectivity index (χ3v) is 4.17. The van der Waals surface area contributed by atoms with E-state index in [4.69, 9.17) is 0 Å². The second-order valence-corrected chi connectivity index (χ2v) is 5.51. The average Bonchev–Trinajstić information content (AvgIpc) is 3.09. The molecule has 1 aromatic carbocycles. The molecule has 1 saturated heterocycles. The van der Waals surface area contributed by atoms with Crippen molar-refractivity contribution in [2.24, 2.45) is 11.8 Å². The Bertz CT molecular complexity index is 641. The van der Waals surface area contributed by atoms with Crippen LogP contribution in [0, 0.1) is 11.8 Å². The van der Waals surface area contributed by atoms with Crippen LogP contribution in [-0.4, -0.2) is 26.9 Å². The predicted molar refractivity (Wildman–Crippen MR) is 77.9 cm³/mol. The Kier molecular flexibility index (Phi) is 3.33. The number of hydrogen-bond acceptors (Lipinski definition) is 3. The van der Waals surface area contributed by atoms with E-state index >= 15 is 0 Å². The molecule has 5 nitrogen and oxygen atoms in total. The number of carbonyl (C=O) groups excluding carboxylic acids is 2. The van der Waals surface area contributed by atoms with E-state index in [0.717, 1.165) is 16.8 Å². The molecule has 2 aromatic rings. The molecule has 0 aliphatic carbocycles. The van der Waals surface area contributed by atoms with Gasteiger partial charge in [-0.3, -0.25) is 19.6 Å². The first-order valence-corrected chi connectivity index (χ1v) is 7.02. The van der Waals surface area contributed by atoms with Gasteiger partial charge in [0.15, 0.2) is 0 Å². The van der Waals surface area contributed by atoms with E-state index in [1.165, 1.54) is 4.90 Å². The molecule has 0 saturated carbocycles. The monoisotopic (exact) mass is 283 g/mol. The molecule has 0 bridgehead atoms. The second-order valence-electron chi connectivity index (χ2n) is 5.51. The van der Waals surface area contributed by atoms with Crippen LogP contribution in [0.5, 0.6) is 0 Å². The number of imide groups is 1. The summed E-state index contributed by atoms with van der Waals surface area (Å²) >= 11 is 0. The number of carbonyl (C=O) groups is 2. The van der Waals surface area contributed by atoms with Crippen molar-refractivity contribution in [3.63, 3.8) is 0 Å². The average molecular weight is 283 g/mol. The minimum atomic E-state index is -0.221. The maximum absolute atomic E-state index is 12.1. The molecule has 21 heavy (non-hydrogen) atoms. The van der Waals surface area contributed by atoms with Gasteiger partial charge < -0.3 is 0 Å². The zero-order chi connectivity index (χ0) is 15.0. The predicted octanol–water partition coefficient (Wildman–Crippen LogP) is 2.22. The molecular formula is C16H17N3O2. The van der Waals surface area contributed by atoms with E-state index in [1.807, 2.05) is 44.2 Å². The topological polar surface area (TPSA) is 66.1 Å². The molecule has 2 amide bonds. The summed E-state index contributed by atoms with van der Waals surface area (Å²) in [6.07, 6.45) is 1.70. The first kappa shape index (κ1) is 13.5. The number of aromatic amines is 1. The highest BCUT2D eigenvalue weighted by atomic mass is 16.2. The van der Waals surface area contributed by atoms with Gasteiger partial charge in [0.2, 0.25) is 11.8 Å². The fourth-order valence-electron chi connectivity index (χ4n) is 2.57. The van der Waals surface area contributed by atoms with Crippen LogP contribution < -0.4 is 0 Å². The van der Waals surface area contributed by atoms with Gasteiger partial charge in [0.1, 0.15) is 0 Å². The summed E-state index contributed by atoms with van der Waals surface area (Å²) in [5, 5.41) is 6.82. The minimum absolute atomic E-state index is 0.0786. The Hall–Kier alpha value is -2.43. The number of benzene rings is 1. The number of rotatable bonds is 3. The van der Waals surface area contributed by atoms with Gasteiger partial charge in [0.25, 0.3) is 0 Å². The summed E-state index contributed by atoms with van der Waals surface area (Å²) in [5.74, 6) is -0.598. The standard InChI is InChI=1S/C16H17N3O2/c1-10-11(2)16(21)19(15(10)20)9-12-3-5-13(6-4-12)14-7-8-17-18-14/h3-8,10-11H,9H2,1-2H3,(H,17,18). The van der Waals surface area contributed by atoms with E-state index in [-0.39, 0.29) is 23.7 Å². The summed E-state index contributed by atoms with van der Waals surface area (Å²) < 4.78 is 0. The summed E-state index contributed by atoms with van der Waals surface area (Å²) in [4.78, 5) is 25.5. The number of amides is 2. The van der Waals surface area contributed by atoms with Crippen molar-refractivity contribution in [2.75, 3.05) is 0 Å². The molecule has 1 N–H and O–H groups in total. The summed E-state index contributed by atoms with van der Waals surface area (Å²) in [6, 6.07) is 9.68. The lowest BCUT2D eigenvalue weighted by Gasteiger charge is -2.14. The Balaban J connectivity index is 1.77. The number of nitrogens with one attached hydrogen (secondary N) is 1. The maximum Gasteiger partial charge on any atom is 0.233 e. The molecule has 0 radical (unpaired) electrons. The molecule has 1 aliphatic rings. The van der Waals surface area contributed by atoms with Crippen molar-refractivity contribution in [3.05, 3.63) is 42.1 Å². The van der Waals surface area contributed by atoms with Crippen molar-refractivity contribution in [1.29, 1.82) is 0 Å². The Morgan fingerprint density at radius 2 is 1.67 bits per heavy atom. The van der Waals surface area contributed by atoms with Crippen molar-refractivity contribution in [1.82, 2.24) is 15.1 Å². The van der Waals surface area contributed by atoms with Gasteiger partial charge in [-0.1, -0.05) is 38.1 Å². The molecule has 2 unspecified atom stereocenters. The third-order valence-electron chi connectivity index (χ3n) is 4.17. The highest BCUT2D eigenvalue weighted by Crippen LogP contribution is 2.27. The Labute approximate surface area is 123 Å². The van der Waals surface area contributed by atoms with Crippen LogP contribution in [0.1, 0.15) is 19.4 Å². The van der Waals surface area contributed by atoms with Gasteiger partial charge in [-0.25, -0.2) is 0 Å². The zero-order valence-electron chi connectivity index (χ0n) is 12.0. The number of H-pyrrole nitrogens is 1. The highest BCUT2D eigenvalue weighted by molar-refractivity contribution is 6.04. The molecule has 2 heterocycles. The largest absolute Gasteiger partial charge is 0.278 e. The van der Waals surface area contributed by atoms with Gasteiger partial charge in [0.05, 0.1) is 12.2 Å². The van der Waals surface area contributed by atoms with Gasteiger partial charge >= 0.3 is 0 Å². The lowest BCUT2D eigenvalue weighted by molar-refractivity contribution is -0.140. The third kappa shape index (κ3) is 2.35. The number of nitrogens with zero attached hydrogens (tertiary/aromatic N) is 2. The van der Waals surface area contributed by atoms with E-state index in [1.54, 1.807) is 6.20 Å². The Morgan fingerprint density at radius 1 is 1.05 bits per heavy atom. The number of hydrogen-bond donors (Lipinski definition) is 1. The van der Waals surface area contributed by atoms with Crippen LogP contribution in [0.3, 0.4) is 0 Å². The van der Waals surface area contributed by atoms with Crippen molar-refractivity contribution in [3.8, 4) is 11.3 Å². The molecule has 2 atom stereocenters. The van der Waals surface area contributed by atoms with Crippen LogP contribution >= 0.6 is 0 Å². The van der Waals surface area contributed by atoms with Crippen LogP contribution in [-0.2, 0) is 16.1 Å².